The summed E-state index contributed by atoms with van der Waals surface area (Å²) in [4.78, 5) is 2.11. The number of hydrogen-bond donors (Lipinski definition) is 1. The van der Waals surface area contributed by atoms with Crippen LogP contribution in [0.1, 0.15) is 24.9 Å². The van der Waals surface area contributed by atoms with Crippen LogP contribution >= 0.6 is 0 Å². The number of likely N-dealkylation sites (N-methyl/N-ethyl adjacent to an activating group) is 1. The van der Waals surface area contributed by atoms with Gasteiger partial charge in [0.2, 0.25) is 0 Å². The molecule has 0 amide bonds. The fraction of sp³-hybridized carbons (Fsp3) is 0.571. The first kappa shape index (κ1) is 16.0. The van der Waals surface area contributed by atoms with Gasteiger partial charge in [0.25, 0.3) is 0 Å². The molecule has 2 N–H and O–H groups in total. The van der Waals surface area contributed by atoms with Crippen LogP contribution in [0.2, 0.25) is 0 Å². The highest BCUT2D eigenvalue weighted by molar-refractivity contribution is 5.21. The largest absolute Gasteiger partial charge is 0.383 e. The van der Waals surface area contributed by atoms with Crippen molar-refractivity contribution >= 4 is 0 Å². The highest BCUT2D eigenvalue weighted by Gasteiger charge is 2.13. The van der Waals surface area contributed by atoms with Crippen LogP contribution in [0.15, 0.2) is 18.2 Å². The van der Waals surface area contributed by atoms with Crippen molar-refractivity contribution in [2.24, 2.45) is 5.73 Å². The van der Waals surface area contributed by atoms with Crippen LogP contribution in [-0.2, 0) is 4.74 Å². The number of methoxy groups -OCH3 is 1. The van der Waals surface area contributed by atoms with Crippen LogP contribution in [0.25, 0.3) is 0 Å². The van der Waals surface area contributed by atoms with Crippen LogP contribution < -0.4 is 5.73 Å². The van der Waals surface area contributed by atoms with Gasteiger partial charge < -0.3 is 15.4 Å². The molecule has 3 nitrogen and oxygen atoms in total. The Morgan fingerprint density at radius 3 is 2.37 bits per heavy atom. The Labute approximate surface area is 113 Å². The summed E-state index contributed by atoms with van der Waals surface area (Å²) in [7, 11) is 3.63. The molecule has 19 heavy (non-hydrogen) atoms. The van der Waals surface area contributed by atoms with Crippen molar-refractivity contribution in [2.45, 2.75) is 25.4 Å². The zero-order chi connectivity index (χ0) is 14.4. The Morgan fingerprint density at radius 2 is 1.84 bits per heavy atom. The highest BCUT2D eigenvalue weighted by Crippen LogP contribution is 2.17. The van der Waals surface area contributed by atoms with E-state index in [4.69, 9.17) is 10.5 Å². The van der Waals surface area contributed by atoms with E-state index in [1.165, 1.54) is 12.1 Å². The Morgan fingerprint density at radius 1 is 1.26 bits per heavy atom. The van der Waals surface area contributed by atoms with Crippen LogP contribution in [-0.4, -0.2) is 38.3 Å². The standard InChI is InChI=1S/C14H22F2N2O/c1-10(9-19-3)18(2)5-4-14(17)11-6-12(15)8-13(16)7-11/h6-8,10,14H,4-5,9,17H2,1-3H3. The van der Waals surface area contributed by atoms with Gasteiger partial charge in [-0.1, -0.05) is 0 Å². The molecule has 0 aliphatic heterocycles. The molecule has 0 radical (unpaired) electrons. The predicted molar refractivity (Wildman–Crippen MR) is 71.9 cm³/mol. The lowest BCUT2D eigenvalue weighted by Gasteiger charge is -2.25. The van der Waals surface area contributed by atoms with E-state index in [1.807, 2.05) is 7.05 Å². The number of rotatable bonds is 7. The second-order valence-corrected chi connectivity index (χ2v) is 4.88. The topological polar surface area (TPSA) is 38.5 Å². The summed E-state index contributed by atoms with van der Waals surface area (Å²) in [6, 6.07) is 3.32. The molecule has 0 heterocycles. The highest BCUT2D eigenvalue weighted by atomic mass is 19.1. The van der Waals surface area contributed by atoms with E-state index in [-0.39, 0.29) is 12.1 Å². The van der Waals surface area contributed by atoms with Crippen LogP contribution in [0, 0.1) is 11.6 Å². The summed E-state index contributed by atoms with van der Waals surface area (Å²) < 4.78 is 31.3. The molecule has 0 saturated carbocycles. The van der Waals surface area contributed by atoms with Crippen molar-refractivity contribution in [1.82, 2.24) is 4.90 Å². The van der Waals surface area contributed by atoms with Gasteiger partial charge in [-0.15, -0.1) is 0 Å². The van der Waals surface area contributed by atoms with Crippen molar-refractivity contribution in [3.63, 3.8) is 0 Å². The van der Waals surface area contributed by atoms with Crippen molar-refractivity contribution < 1.29 is 13.5 Å². The van der Waals surface area contributed by atoms with Gasteiger partial charge in [0.15, 0.2) is 0 Å². The van der Waals surface area contributed by atoms with E-state index in [1.54, 1.807) is 7.11 Å². The van der Waals surface area contributed by atoms with E-state index in [2.05, 4.69) is 11.8 Å². The van der Waals surface area contributed by atoms with Crippen molar-refractivity contribution in [1.29, 1.82) is 0 Å². The smallest absolute Gasteiger partial charge is 0.126 e. The van der Waals surface area contributed by atoms with E-state index in [0.717, 1.165) is 12.6 Å². The molecule has 0 saturated heterocycles. The molecule has 0 aliphatic rings. The van der Waals surface area contributed by atoms with Crippen molar-refractivity contribution in [3.8, 4) is 0 Å². The maximum atomic E-state index is 13.1. The molecule has 1 aromatic rings. The average molecular weight is 272 g/mol. The van der Waals surface area contributed by atoms with E-state index >= 15 is 0 Å². The zero-order valence-electron chi connectivity index (χ0n) is 11.7. The number of nitrogens with zero attached hydrogens (tertiary/aromatic N) is 1. The first-order chi connectivity index (χ1) is 8.93. The summed E-state index contributed by atoms with van der Waals surface area (Å²) >= 11 is 0. The summed E-state index contributed by atoms with van der Waals surface area (Å²) in [5, 5.41) is 0. The monoisotopic (exact) mass is 272 g/mol. The molecular weight excluding hydrogens is 250 g/mol. The SMILES string of the molecule is COCC(C)N(C)CCC(N)c1cc(F)cc(F)c1. The molecule has 0 aromatic heterocycles. The summed E-state index contributed by atoms with van der Waals surface area (Å²) in [5.41, 5.74) is 6.45. The van der Waals surface area contributed by atoms with Gasteiger partial charge in [0, 0.05) is 31.8 Å². The van der Waals surface area contributed by atoms with Gasteiger partial charge in [0.05, 0.1) is 6.61 Å². The first-order valence-corrected chi connectivity index (χ1v) is 6.34. The van der Waals surface area contributed by atoms with E-state index in [0.29, 0.717) is 18.6 Å². The third-order valence-electron chi connectivity index (χ3n) is 3.27. The predicted octanol–water partition coefficient (Wildman–Crippen LogP) is 2.32. The first-order valence-electron chi connectivity index (χ1n) is 6.34. The lowest BCUT2D eigenvalue weighted by molar-refractivity contribution is 0.114. The number of ether oxygens (including phenoxy) is 1. The number of benzene rings is 1. The van der Waals surface area contributed by atoms with Crippen molar-refractivity contribution in [2.75, 3.05) is 27.3 Å². The third kappa shape index (κ3) is 5.22. The van der Waals surface area contributed by atoms with Gasteiger partial charge in [-0.25, -0.2) is 8.78 Å². The Bertz CT molecular complexity index is 381. The Kier molecular flexibility index (Phi) is 6.34. The Balaban J connectivity index is 2.53. The second kappa shape index (κ2) is 7.53. The lowest BCUT2D eigenvalue weighted by Crippen LogP contribution is -2.34. The van der Waals surface area contributed by atoms with Gasteiger partial charge in [0.1, 0.15) is 11.6 Å². The molecule has 1 rings (SSSR count). The minimum atomic E-state index is -0.591. The van der Waals surface area contributed by atoms with Crippen molar-refractivity contribution in [3.05, 3.63) is 35.4 Å². The van der Waals surface area contributed by atoms with Gasteiger partial charge in [-0.2, -0.15) is 0 Å². The molecular formula is C14H22F2N2O. The maximum absolute atomic E-state index is 13.1. The molecule has 0 spiro atoms. The molecule has 0 bridgehead atoms. The van der Waals surface area contributed by atoms with Crippen LogP contribution in [0.3, 0.4) is 0 Å². The molecule has 0 aliphatic carbocycles. The lowest BCUT2D eigenvalue weighted by atomic mass is 10.0. The molecule has 108 valence electrons. The Hall–Kier alpha value is -1.04. The normalized spacial score (nSPS) is 14.7. The van der Waals surface area contributed by atoms with E-state index in [9.17, 15) is 8.78 Å². The van der Waals surface area contributed by atoms with E-state index < -0.39 is 11.6 Å². The zero-order valence-corrected chi connectivity index (χ0v) is 11.7. The fourth-order valence-electron chi connectivity index (χ4n) is 1.89. The minimum Gasteiger partial charge on any atom is -0.383 e. The summed E-state index contributed by atoms with van der Waals surface area (Å²) in [6.07, 6.45) is 0.632. The molecule has 1 aromatic carbocycles. The third-order valence-corrected chi connectivity index (χ3v) is 3.27. The maximum Gasteiger partial charge on any atom is 0.126 e. The summed E-state index contributed by atoms with van der Waals surface area (Å²) in [6.45, 7) is 3.43. The van der Waals surface area contributed by atoms with Gasteiger partial charge in [-0.3, -0.25) is 0 Å². The molecule has 2 atom stereocenters. The number of nitrogens with two attached hydrogens (primary N) is 1. The molecule has 2 unspecified atom stereocenters. The second-order valence-electron chi connectivity index (χ2n) is 4.88. The molecule has 5 heteroatoms. The van der Waals surface area contributed by atoms with Crippen LogP contribution in [0.4, 0.5) is 8.78 Å². The average Bonchev–Trinajstić information content (AvgIpc) is 2.34. The van der Waals surface area contributed by atoms with Crippen LogP contribution in [0.5, 0.6) is 0 Å². The summed E-state index contributed by atoms with van der Waals surface area (Å²) in [5.74, 6) is -1.18. The fourth-order valence-corrected chi connectivity index (χ4v) is 1.89. The number of halogens is 2. The molecule has 0 fully saturated rings. The van der Waals surface area contributed by atoms with Gasteiger partial charge in [-0.05, 0) is 38.1 Å². The quantitative estimate of drug-likeness (QED) is 0.828. The number of hydrogen-bond acceptors (Lipinski definition) is 3. The van der Waals surface area contributed by atoms with Gasteiger partial charge >= 0.3 is 0 Å². The minimum absolute atomic E-state index is 0.279.